The molecule has 0 atom stereocenters. The van der Waals surface area contributed by atoms with Gasteiger partial charge in [0, 0.05) is 12.8 Å². The Kier molecular flexibility index (Phi) is 5.90. The fourth-order valence-electron chi connectivity index (χ4n) is 1.51. The van der Waals surface area contributed by atoms with Crippen molar-refractivity contribution in [3.63, 3.8) is 0 Å². The van der Waals surface area contributed by atoms with Gasteiger partial charge in [-0.2, -0.15) is 0 Å². The number of rotatable bonds is 7. The molecule has 16 heavy (non-hydrogen) atoms. The molecule has 0 bridgehead atoms. The van der Waals surface area contributed by atoms with Gasteiger partial charge in [-0.15, -0.1) is 0 Å². The molecule has 4 nitrogen and oxygen atoms in total. The van der Waals surface area contributed by atoms with Gasteiger partial charge in [-0.1, -0.05) is 0 Å². The zero-order valence-corrected chi connectivity index (χ0v) is 9.87. The minimum atomic E-state index is -0.185. The van der Waals surface area contributed by atoms with Crippen LogP contribution >= 0.6 is 0 Å². The van der Waals surface area contributed by atoms with Crippen LogP contribution in [-0.4, -0.2) is 24.6 Å². The van der Waals surface area contributed by atoms with Crippen LogP contribution in [0.3, 0.4) is 0 Å². The molecule has 0 aromatic rings. The maximum absolute atomic E-state index is 11.3. The summed E-state index contributed by atoms with van der Waals surface area (Å²) in [6.07, 6.45) is 5.55. The van der Waals surface area contributed by atoms with E-state index in [2.05, 4.69) is 0 Å². The molecule has 1 fully saturated rings. The van der Waals surface area contributed by atoms with Crippen LogP contribution in [-0.2, 0) is 19.1 Å². The number of esters is 2. The predicted molar refractivity (Wildman–Crippen MR) is 58.8 cm³/mol. The monoisotopic (exact) mass is 228 g/mol. The summed E-state index contributed by atoms with van der Waals surface area (Å²) in [5.41, 5.74) is 0. The van der Waals surface area contributed by atoms with E-state index in [1.807, 2.05) is 0 Å². The molecular formula is C12H20O4. The van der Waals surface area contributed by atoms with Crippen LogP contribution in [0.25, 0.3) is 0 Å². The van der Waals surface area contributed by atoms with Crippen LogP contribution in [0.4, 0.5) is 0 Å². The molecule has 0 N–H and O–H groups in total. The second-order valence-electron chi connectivity index (χ2n) is 4.05. The summed E-state index contributed by atoms with van der Waals surface area (Å²) in [6, 6.07) is 0. The van der Waals surface area contributed by atoms with Gasteiger partial charge >= 0.3 is 11.9 Å². The van der Waals surface area contributed by atoms with E-state index in [1.54, 1.807) is 6.92 Å². The third-order valence-corrected chi connectivity index (χ3v) is 2.67. The first-order chi connectivity index (χ1) is 7.72. The molecule has 0 heterocycles. The maximum Gasteiger partial charge on any atom is 0.306 e. The lowest BCUT2D eigenvalue weighted by Gasteiger charge is -2.25. The molecule has 1 saturated carbocycles. The smallest absolute Gasteiger partial charge is 0.306 e. The molecule has 0 spiro atoms. The lowest BCUT2D eigenvalue weighted by Crippen LogP contribution is -2.24. The third-order valence-electron chi connectivity index (χ3n) is 2.67. The fraction of sp³-hybridized carbons (Fsp3) is 0.833. The van der Waals surface area contributed by atoms with Crippen molar-refractivity contribution >= 4 is 11.9 Å². The van der Waals surface area contributed by atoms with Gasteiger partial charge < -0.3 is 9.47 Å². The summed E-state index contributed by atoms with van der Waals surface area (Å²) in [6.45, 7) is 2.20. The molecule has 0 radical (unpaired) electrons. The summed E-state index contributed by atoms with van der Waals surface area (Å²) in [5.74, 6) is -0.316. The molecule has 4 heteroatoms. The largest absolute Gasteiger partial charge is 0.466 e. The standard InChI is InChI=1S/C12H20O4/c1-2-15-11(13)8-3-4-9-12(14)16-10-6-5-7-10/h10H,2-9H2,1H3. The van der Waals surface area contributed by atoms with Gasteiger partial charge in [0.15, 0.2) is 0 Å². The number of unbranched alkanes of at least 4 members (excludes halogenated alkanes) is 1. The van der Waals surface area contributed by atoms with Crippen molar-refractivity contribution in [1.29, 1.82) is 0 Å². The zero-order chi connectivity index (χ0) is 11.8. The van der Waals surface area contributed by atoms with Gasteiger partial charge in [-0.05, 0) is 39.0 Å². The van der Waals surface area contributed by atoms with E-state index in [0.29, 0.717) is 32.3 Å². The van der Waals surface area contributed by atoms with E-state index in [-0.39, 0.29) is 18.0 Å². The molecular weight excluding hydrogens is 208 g/mol. The first kappa shape index (κ1) is 13.0. The van der Waals surface area contributed by atoms with E-state index < -0.39 is 0 Å². The first-order valence-corrected chi connectivity index (χ1v) is 6.07. The molecule has 0 amide bonds. The van der Waals surface area contributed by atoms with Gasteiger partial charge in [0.2, 0.25) is 0 Å². The number of hydrogen-bond donors (Lipinski definition) is 0. The van der Waals surface area contributed by atoms with Gasteiger partial charge in [0.25, 0.3) is 0 Å². The lowest BCUT2D eigenvalue weighted by atomic mass is 9.96. The lowest BCUT2D eigenvalue weighted by molar-refractivity contribution is -0.153. The number of ether oxygens (including phenoxy) is 2. The molecule has 0 aromatic heterocycles. The minimum Gasteiger partial charge on any atom is -0.466 e. The summed E-state index contributed by atoms with van der Waals surface area (Å²) >= 11 is 0. The highest BCUT2D eigenvalue weighted by atomic mass is 16.5. The Balaban J connectivity index is 1.93. The van der Waals surface area contributed by atoms with Crippen molar-refractivity contribution in [3.8, 4) is 0 Å². The van der Waals surface area contributed by atoms with E-state index in [0.717, 1.165) is 12.8 Å². The van der Waals surface area contributed by atoms with E-state index >= 15 is 0 Å². The highest BCUT2D eigenvalue weighted by molar-refractivity contribution is 5.70. The summed E-state index contributed by atoms with van der Waals surface area (Å²) in [4.78, 5) is 22.3. The second-order valence-corrected chi connectivity index (χ2v) is 4.05. The number of carbonyl (C=O) groups is 2. The normalized spacial score (nSPS) is 15.3. The van der Waals surface area contributed by atoms with Crippen molar-refractivity contribution in [3.05, 3.63) is 0 Å². The summed E-state index contributed by atoms with van der Waals surface area (Å²) in [5, 5.41) is 0. The van der Waals surface area contributed by atoms with Gasteiger partial charge in [0.1, 0.15) is 6.10 Å². The second kappa shape index (κ2) is 7.25. The fourth-order valence-corrected chi connectivity index (χ4v) is 1.51. The van der Waals surface area contributed by atoms with Crippen molar-refractivity contribution in [1.82, 2.24) is 0 Å². The Bertz CT molecular complexity index is 233. The Hall–Kier alpha value is -1.06. The highest BCUT2D eigenvalue weighted by Crippen LogP contribution is 2.22. The average Bonchev–Trinajstić information content (AvgIpc) is 2.19. The van der Waals surface area contributed by atoms with E-state index in [4.69, 9.17) is 9.47 Å². The third kappa shape index (κ3) is 5.14. The van der Waals surface area contributed by atoms with E-state index in [9.17, 15) is 9.59 Å². The summed E-state index contributed by atoms with van der Waals surface area (Å²) < 4.78 is 9.97. The van der Waals surface area contributed by atoms with Crippen molar-refractivity contribution < 1.29 is 19.1 Å². The number of carbonyl (C=O) groups excluding carboxylic acids is 2. The van der Waals surface area contributed by atoms with Crippen LogP contribution in [0.5, 0.6) is 0 Å². The zero-order valence-electron chi connectivity index (χ0n) is 9.87. The molecule has 0 unspecified atom stereocenters. The van der Waals surface area contributed by atoms with Crippen LogP contribution < -0.4 is 0 Å². The van der Waals surface area contributed by atoms with Crippen LogP contribution in [0, 0.1) is 0 Å². The van der Waals surface area contributed by atoms with Crippen LogP contribution in [0.1, 0.15) is 51.9 Å². The molecule has 92 valence electrons. The Morgan fingerprint density at radius 2 is 1.75 bits per heavy atom. The maximum atomic E-state index is 11.3. The predicted octanol–water partition coefficient (Wildman–Crippen LogP) is 2.21. The van der Waals surface area contributed by atoms with Crippen LogP contribution in [0.15, 0.2) is 0 Å². The van der Waals surface area contributed by atoms with Gasteiger partial charge in [-0.3, -0.25) is 9.59 Å². The summed E-state index contributed by atoms with van der Waals surface area (Å²) in [7, 11) is 0. The Morgan fingerprint density at radius 3 is 2.25 bits per heavy atom. The molecule has 1 aliphatic carbocycles. The van der Waals surface area contributed by atoms with E-state index in [1.165, 1.54) is 6.42 Å². The molecule has 0 saturated heterocycles. The molecule has 0 aromatic carbocycles. The van der Waals surface area contributed by atoms with Gasteiger partial charge in [0.05, 0.1) is 6.61 Å². The quantitative estimate of drug-likeness (QED) is 0.495. The van der Waals surface area contributed by atoms with Crippen molar-refractivity contribution in [2.75, 3.05) is 6.61 Å². The highest BCUT2D eigenvalue weighted by Gasteiger charge is 2.21. The minimum absolute atomic E-state index is 0.131. The Morgan fingerprint density at radius 1 is 1.12 bits per heavy atom. The topological polar surface area (TPSA) is 52.6 Å². The number of hydrogen-bond acceptors (Lipinski definition) is 4. The Labute approximate surface area is 96.3 Å². The first-order valence-electron chi connectivity index (χ1n) is 6.07. The molecule has 0 aliphatic heterocycles. The van der Waals surface area contributed by atoms with Crippen molar-refractivity contribution in [2.45, 2.75) is 58.0 Å². The molecule has 1 aliphatic rings. The average molecular weight is 228 g/mol. The van der Waals surface area contributed by atoms with Crippen LogP contribution in [0.2, 0.25) is 0 Å². The van der Waals surface area contributed by atoms with Gasteiger partial charge in [-0.25, -0.2) is 0 Å². The molecule has 1 rings (SSSR count). The SMILES string of the molecule is CCOC(=O)CCCCC(=O)OC1CCC1. The van der Waals surface area contributed by atoms with Crippen molar-refractivity contribution in [2.24, 2.45) is 0 Å².